The van der Waals surface area contributed by atoms with Crippen LogP contribution in [-0.4, -0.2) is 9.97 Å². The van der Waals surface area contributed by atoms with Crippen molar-refractivity contribution >= 4 is 11.2 Å². The van der Waals surface area contributed by atoms with Crippen LogP contribution in [0.15, 0.2) is 16.9 Å². The first-order chi connectivity index (χ1) is 7.39. The van der Waals surface area contributed by atoms with Gasteiger partial charge < -0.3 is 4.42 Å². The zero-order valence-corrected chi connectivity index (χ0v) is 10.5. The van der Waals surface area contributed by atoms with Gasteiger partial charge in [0.05, 0.1) is 5.69 Å². The molecule has 0 unspecified atom stereocenters. The number of hydrogen-bond acceptors (Lipinski definition) is 3. The SMILES string of the molecule is CC(C)c1cc2ocnc2nc1C(C)(C)C. The van der Waals surface area contributed by atoms with Crippen molar-refractivity contribution in [1.82, 2.24) is 9.97 Å². The molecule has 0 fully saturated rings. The molecular weight excluding hydrogens is 200 g/mol. The van der Waals surface area contributed by atoms with Crippen LogP contribution in [0.4, 0.5) is 0 Å². The molecule has 2 aromatic rings. The molecule has 0 aromatic carbocycles. The highest BCUT2D eigenvalue weighted by molar-refractivity contribution is 5.69. The molecular formula is C13H18N2O. The summed E-state index contributed by atoms with van der Waals surface area (Å²) in [5.41, 5.74) is 3.87. The second-order valence-corrected chi connectivity index (χ2v) is 5.51. The first-order valence-corrected chi connectivity index (χ1v) is 5.64. The number of aromatic nitrogens is 2. The lowest BCUT2D eigenvalue weighted by Gasteiger charge is -2.22. The number of oxazole rings is 1. The summed E-state index contributed by atoms with van der Waals surface area (Å²) in [4.78, 5) is 8.74. The molecule has 0 aliphatic carbocycles. The van der Waals surface area contributed by atoms with Crippen LogP contribution in [-0.2, 0) is 5.41 Å². The smallest absolute Gasteiger partial charge is 0.198 e. The van der Waals surface area contributed by atoms with Gasteiger partial charge in [-0.1, -0.05) is 34.6 Å². The van der Waals surface area contributed by atoms with Crippen LogP contribution < -0.4 is 0 Å². The van der Waals surface area contributed by atoms with Gasteiger partial charge in [0.2, 0.25) is 0 Å². The van der Waals surface area contributed by atoms with Gasteiger partial charge in [-0.2, -0.15) is 4.98 Å². The van der Waals surface area contributed by atoms with E-state index in [1.807, 2.05) is 0 Å². The first-order valence-electron chi connectivity index (χ1n) is 5.64. The lowest BCUT2D eigenvalue weighted by Crippen LogP contribution is -2.17. The van der Waals surface area contributed by atoms with Gasteiger partial charge in [-0.15, -0.1) is 0 Å². The molecule has 86 valence electrons. The molecule has 0 aliphatic heterocycles. The molecule has 3 nitrogen and oxygen atoms in total. The quantitative estimate of drug-likeness (QED) is 0.733. The average molecular weight is 218 g/mol. The van der Waals surface area contributed by atoms with E-state index >= 15 is 0 Å². The minimum atomic E-state index is 0.0345. The number of pyridine rings is 1. The molecule has 3 heteroatoms. The van der Waals surface area contributed by atoms with Crippen molar-refractivity contribution in [2.75, 3.05) is 0 Å². The lowest BCUT2D eigenvalue weighted by molar-refractivity contribution is 0.555. The summed E-state index contributed by atoms with van der Waals surface area (Å²) in [6.45, 7) is 10.9. The molecule has 0 aliphatic rings. The maximum Gasteiger partial charge on any atom is 0.198 e. The fourth-order valence-electron chi connectivity index (χ4n) is 1.85. The van der Waals surface area contributed by atoms with E-state index in [1.165, 1.54) is 12.0 Å². The maximum absolute atomic E-state index is 5.30. The Hall–Kier alpha value is -1.38. The van der Waals surface area contributed by atoms with Gasteiger partial charge in [-0.3, -0.25) is 0 Å². The van der Waals surface area contributed by atoms with Gasteiger partial charge in [-0.05, 0) is 17.5 Å². The number of fused-ring (bicyclic) bond motifs is 1. The predicted octanol–water partition coefficient (Wildman–Crippen LogP) is 3.64. The van der Waals surface area contributed by atoms with Gasteiger partial charge in [-0.25, -0.2) is 4.98 Å². The standard InChI is InChI=1S/C13H18N2O/c1-8(2)9-6-10-12(14-7-16-10)15-11(9)13(3,4)5/h6-8H,1-5H3. The molecule has 0 N–H and O–H groups in total. The Balaban J connectivity index is 2.72. The fraction of sp³-hybridized carbons (Fsp3) is 0.538. The second kappa shape index (κ2) is 3.58. The summed E-state index contributed by atoms with van der Waals surface area (Å²) in [5.74, 6) is 0.441. The maximum atomic E-state index is 5.30. The molecule has 2 heterocycles. The van der Waals surface area contributed by atoms with Crippen molar-refractivity contribution in [3.63, 3.8) is 0 Å². The summed E-state index contributed by atoms with van der Waals surface area (Å²) in [6, 6.07) is 2.07. The molecule has 2 rings (SSSR count). The van der Waals surface area contributed by atoms with E-state index < -0.39 is 0 Å². The van der Waals surface area contributed by atoms with Gasteiger partial charge in [0.15, 0.2) is 17.6 Å². The molecule has 0 spiro atoms. The van der Waals surface area contributed by atoms with Crippen LogP contribution in [0.5, 0.6) is 0 Å². The number of nitrogens with zero attached hydrogens (tertiary/aromatic N) is 2. The van der Waals surface area contributed by atoms with E-state index in [1.54, 1.807) is 0 Å². The summed E-state index contributed by atoms with van der Waals surface area (Å²) in [7, 11) is 0. The first kappa shape index (κ1) is 11.1. The topological polar surface area (TPSA) is 38.9 Å². The Kier molecular flexibility index (Phi) is 2.49. The molecule has 0 saturated heterocycles. The Bertz CT molecular complexity index is 506. The normalized spacial score (nSPS) is 12.6. The molecule has 0 atom stereocenters. The molecule has 0 amide bonds. The van der Waals surface area contributed by atoms with Crippen molar-refractivity contribution in [1.29, 1.82) is 0 Å². The third-order valence-electron chi connectivity index (χ3n) is 2.69. The van der Waals surface area contributed by atoms with E-state index in [4.69, 9.17) is 4.42 Å². The molecule has 0 radical (unpaired) electrons. The van der Waals surface area contributed by atoms with Gasteiger partial charge in [0.25, 0.3) is 0 Å². The summed E-state index contributed by atoms with van der Waals surface area (Å²) in [5, 5.41) is 0. The average Bonchev–Trinajstić information content (AvgIpc) is 2.60. The third kappa shape index (κ3) is 1.82. The van der Waals surface area contributed by atoms with Crippen LogP contribution in [0.3, 0.4) is 0 Å². The Morgan fingerprint density at radius 1 is 1.25 bits per heavy atom. The van der Waals surface area contributed by atoms with E-state index in [-0.39, 0.29) is 5.41 Å². The molecule has 0 bridgehead atoms. The van der Waals surface area contributed by atoms with Crippen LogP contribution in [0.1, 0.15) is 51.8 Å². The predicted molar refractivity (Wildman–Crippen MR) is 64.6 cm³/mol. The Labute approximate surface area is 95.9 Å². The van der Waals surface area contributed by atoms with Crippen molar-refractivity contribution < 1.29 is 4.42 Å². The van der Waals surface area contributed by atoms with Gasteiger partial charge >= 0.3 is 0 Å². The minimum Gasteiger partial charge on any atom is -0.442 e. The highest BCUT2D eigenvalue weighted by atomic mass is 16.3. The van der Waals surface area contributed by atoms with Crippen LogP contribution in [0, 0.1) is 0 Å². The summed E-state index contributed by atoms with van der Waals surface area (Å²) >= 11 is 0. The van der Waals surface area contributed by atoms with Crippen molar-refractivity contribution in [3.05, 3.63) is 23.7 Å². The Morgan fingerprint density at radius 2 is 1.94 bits per heavy atom. The van der Waals surface area contributed by atoms with E-state index in [9.17, 15) is 0 Å². The zero-order chi connectivity index (χ0) is 11.9. The number of rotatable bonds is 1. The lowest BCUT2D eigenvalue weighted by atomic mass is 9.85. The van der Waals surface area contributed by atoms with Gasteiger partial charge in [0.1, 0.15) is 0 Å². The molecule has 0 saturated carbocycles. The largest absolute Gasteiger partial charge is 0.442 e. The van der Waals surface area contributed by atoms with Crippen molar-refractivity contribution in [3.8, 4) is 0 Å². The summed E-state index contributed by atoms with van der Waals surface area (Å²) in [6.07, 6.45) is 1.45. The van der Waals surface area contributed by atoms with Crippen molar-refractivity contribution in [2.45, 2.75) is 46.0 Å². The highest BCUT2D eigenvalue weighted by Gasteiger charge is 2.23. The Morgan fingerprint density at radius 3 is 2.50 bits per heavy atom. The highest BCUT2D eigenvalue weighted by Crippen LogP contribution is 2.31. The van der Waals surface area contributed by atoms with E-state index in [2.05, 4.69) is 50.7 Å². The third-order valence-corrected chi connectivity index (χ3v) is 2.69. The van der Waals surface area contributed by atoms with Crippen molar-refractivity contribution in [2.24, 2.45) is 0 Å². The second-order valence-electron chi connectivity index (χ2n) is 5.51. The zero-order valence-electron chi connectivity index (χ0n) is 10.5. The van der Waals surface area contributed by atoms with Crippen LogP contribution in [0.25, 0.3) is 11.2 Å². The fourth-order valence-corrected chi connectivity index (χ4v) is 1.85. The minimum absolute atomic E-state index is 0.0345. The van der Waals surface area contributed by atoms with Crippen LogP contribution >= 0.6 is 0 Å². The summed E-state index contributed by atoms with van der Waals surface area (Å²) < 4.78 is 5.30. The number of hydrogen-bond donors (Lipinski definition) is 0. The molecule has 2 aromatic heterocycles. The monoisotopic (exact) mass is 218 g/mol. The molecule has 16 heavy (non-hydrogen) atoms. The van der Waals surface area contributed by atoms with E-state index in [0.29, 0.717) is 11.6 Å². The van der Waals surface area contributed by atoms with Gasteiger partial charge in [0, 0.05) is 5.41 Å². The van der Waals surface area contributed by atoms with E-state index in [0.717, 1.165) is 11.3 Å². The van der Waals surface area contributed by atoms with Crippen LogP contribution in [0.2, 0.25) is 0 Å².